The monoisotopic (exact) mass is 261 g/mol. The number of allylic oxidation sites excluding steroid dienone is 3. The van der Waals surface area contributed by atoms with Crippen LogP contribution in [0.1, 0.15) is 20.3 Å². The van der Waals surface area contributed by atoms with Crippen molar-refractivity contribution in [3.8, 4) is 12.3 Å². The van der Waals surface area contributed by atoms with Crippen molar-refractivity contribution in [3.63, 3.8) is 0 Å². The molecular formula is C12H14NY-. The van der Waals surface area contributed by atoms with Gasteiger partial charge in [0.1, 0.15) is 0 Å². The van der Waals surface area contributed by atoms with Gasteiger partial charge in [-0.3, -0.25) is 0 Å². The Balaban J connectivity index is 0.00000169. The normalized spacial score (nSPS) is 15.2. The van der Waals surface area contributed by atoms with E-state index in [9.17, 15) is 0 Å². The number of hydrogen-bond donors (Lipinski definition) is 0. The number of nitrogens with zero attached hydrogens (tertiary/aromatic N) is 1. The summed E-state index contributed by atoms with van der Waals surface area (Å²) in [6, 6.07) is 0. The van der Waals surface area contributed by atoms with E-state index in [1.54, 1.807) is 0 Å². The smallest absolute Gasteiger partial charge is 0 e. The first-order valence-electron chi connectivity index (χ1n) is 4.44. The van der Waals surface area contributed by atoms with Crippen molar-refractivity contribution in [2.45, 2.75) is 20.3 Å². The van der Waals surface area contributed by atoms with E-state index in [4.69, 9.17) is 6.42 Å². The molecule has 0 spiro atoms. The molecule has 1 nitrogen and oxygen atoms in total. The van der Waals surface area contributed by atoms with E-state index in [0.717, 1.165) is 29.8 Å². The summed E-state index contributed by atoms with van der Waals surface area (Å²) < 4.78 is 0. The van der Waals surface area contributed by atoms with Gasteiger partial charge < -0.3 is 4.90 Å². The zero-order chi connectivity index (χ0) is 9.84. The summed E-state index contributed by atoms with van der Waals surface area (Å²) >= 11 is 0. The minimum absolute atomic E-state index is 0. The molecule has 2 heteroatoms. The van der Waals surface area contributed by atoms with Gasteiger partial charge in [0.25, 0.3) is 0 Å². The van der Waals surface area contributed by atoms with Crippen molar-refractivity contribution >= 4 is 0 Å². The van der Waals surface area contributed by atoms with Crippen LogP contribution >= 0.6 is 0 Å². The number of hydrogen-bond acceptors (Lipinski definition) is 1. The maximum absolute atomic E-state index is 5.37. The number of terminal acetylenes is 1. The van der Waals surface area contributed by atoms with E-state index in [0.29, 0.717) is 0 Å². The van der Waals surface area contributed by atoms with Crippen LogP contribution in [0.2, 0.25) is 0 Å². The molecule has 0 atom stereocenters. The van der Waals surface area contributed by atoms with Gasteiger partial charge in [0.05, 0.1) is 0 Å². The molecule has 14 heavy (non-hydrogen) atoms. The van der Waals surface area contributed by atoms with Crippen LogP contribution in [-0.2, 0) is 32.7 Å². The molecule has 0 fully saturated rings. The molecule has 0 aliphatic carbocycles. The van der Waals surface area contributed by atoms with Crippen LogP contribution in [0.25, 0.3) is 0 Å². The first-order valence-corrected chi connectivity index (χ1v) is 4.44. The predicted octanol–water partition coefficient (Wildman–Crippen LogP) is 2.49. The standard InChI is InChI=1S/C12H14N.Y/c1-5-7-13-9-10(3)8-12(6-2)11(13)4;/h2,8H,4-5,7H2,1,3H3;/q-1;. The molecule has 0 amide bonds. The second kappa shape index (κ2) is 6.22. The summed E-state index contributed by atoms with van der Waals surface area (Å²) in [6.45, 7) is 8.98. The maximum atomic E-state index is 5.37. The summed E-state index contributed by atoms with van der Waals surface area (Å²) in [4.78, 5) is 1.99. The SMILES string of the molecule is C#CC1=CC(C)=[C-]N(CCC)C1=C.[Y]. The van der Waals surface area contributed by atoms with Gasteiger partial charge in [0.15, 0.2) is 0 Å². The largest absolute Gasteiger partial charge is 0.455 e. The summed E-state index contributed by atoms with van der Waals surface area (Å²) in [5.74, 6) is 2.63. The third-order valence-electron chi connectivity index (χ3n) is 1.91. The van der Waals surface area contributed by atoms with E-state index < -0.39 is 0 Å². The average Bonchev–Trinajstić information content (AvgIpc) is 2.11. The maximum Gasteiger partial charge on any atom is 0 e. The summed E-state index contributed by atoms with van der Waals surface area (Å²) in [5, 5.41) is 0. The quantitative estimate of drug-likeness (QED) is 0.545. The third-order valence-corrected chi connectivity index (χ3v) is 1.91. The van der Waals surface area contributed by atoms with Gasteiger partial charge in [-0.15, -0.1) is 24.7 Å². The number of rotatable bonds is 2. The van der Waals surface area contributed by atoms with Crippen LogP contribution in [0.4, 0.5) is 0 Å². The molecule has 0 saturated carbocycles. The van der Waals surface area contributed by atoms with Gasteiger partial charge in [-0.25, -0.2) is 0 Å². The fourth-order valence-corrected chi connectivity index (χ4v) is 1.30. The van der Waals surface area contributed by atoms with Gasteiger partial charge in [-0.1, -0.05) is 37.2 Å². The Hall–Kier alpha value is -0.316. The van der Waals surface area contributed by atoms with E-state index >= 15 is 0 Å². The van der Waals surface area contributed by atoms with E-state index in [2.05, 4.69) is 25.6 Å². The Morgan fingerprint density at radius 2 is 2.29 bits per heavy atom. The van der Waals surface area contributed by atoms with Crippen LogP contribution in [0.5, 0.6) is 0 Å². The van der Waals surface area contributed by atoms with Crippen molar-refractivity contribution in [1.82, 2.24) is 4.90 Å². The van der Waals surface area contributed by atoms with E-state index in [1.165, 1.54) is 0 Å². The molecule has 1 aliphatic rings. The Bertz CT molecular complexity index is 318. The molecule has 0 aromatic heterocycles. The molecule has 1 rings (SSSR count). The summed E-state index contributed by atoms with van der Waals surface area (Å²) in [5.41, 5.74) is 2.81. The topological polar surface area (TPSA) is 3.24 Å². The van der Waals surface area contributed by atoms with Crippen LogP contribution in [-0.4, -0.2) is 11.4 Å². The predicted molar refractivity (Wildman–Crippen MR) is 55.5 cm³/mol. The second-order valence-electron chi connectivity index (χ2n) is 3.10. The molecule has 0 unspecified atom stereocenters. The third kappa shape index (κ3) is 3.12. The molecule has 0 saturated heterocycles. The van der Waals surface area contributed by atoms with Crippen LogP contribution in [0.15, 0.2) is 29.5 Å². The Kier molecular flexibility index (Phi) is 6.08. The van der Waals surface area contributed by atoms with Gasteiger partial charge in [0.2, 0.25) is 0 Å². The zero-order valence-electron chi connectivity index (χ0n) is 8.80. The second-order valence-corrected chi connectivity index (χ2v) is 3.10. The zero-order valence-corrected chi connectivity index (χ0v) is 11.6. The van der Waals surface area contributed by atoms with Gasteiger partial charge in [0, 0.05) is 32.7 Å². The van der Waals surface area contributed by atoms with Crippen molar-refractivity contribution in [1.29, 1.82) is 0 Å². The molecule has 1 heterocycles. The molecule has 0 aromatic carbocycles. The summed E-state index contributed by atoms with van der Waals surface area (Å²) in [6.07, 6.45) is 11.6. The first-order chi connectivity index (χ1) is 6.19. The van der Waals surface area contributed by atoms with Crippen molar-refractivity contribution in [2.24, 2.45) is 0 Å². The molecule has 0 bridgehead atoms. The Morgan fingerprint density at radius 1 is 1.64 bits per heavy atom. The minimum Gasteiger partial charge on any atom is -0.455 e. The molecule has 1 aliphatic heterocycles. The van der Waals surface area contributed by atoms with E-state index in [1.807, 2.05) is 17.9 Å². The fourth-order valence-electron chi connectivity index (χ4n) is 1.30. The Labute approximate surface area is 112 Å². The molecular weight excluding hydrogens is 247 g/mol. The minimum atomic E-state index is 0. The van der Waals surface area contributed by atoms with Crippen molar-refractivity contribution in [2.75, 3.05) is 6.54 Å². The fraction of sp³-hybridized carbons (Fsp3) is 0.333. The van der Waals surface area contributed by atoms with Crippen molar-refractivity contribution < 1.29 is 32.7 Å². The van der Waals surface area contributed by atoms with E-state index in [-0.39, 0.29) is 32.7 Å². The van der Waals surface area contributed by atoms with Crippen LogP contribution < -0.4 is 0 Å². The average molecular weight is 261 g/mol. The molecule has 1 radical (unpaired) electrons. The Morgan fingerprint density at radius 3 is 2.79 bits per heavy atom. The van der Waals surface area contributed by atoms with Crippen LogP contribution in [0.3, 0.4) is 0 Å². The van der Waals surface area contributed by atoms with Gasteiger partial charge in [-0.2, -0.15) is 0 Å². The van der Waals surface area contributed by atoms with Gasteiger partial charge in [-0.05, 0) is 13.0 Å². The summed E-state index contributed by atoms with van der Waals surface area (Å²) in [7, 11) is 0. The first kappa shape index (κ1) is 13.7. The molecule has 71 valence electrons. The molecule has 0 N–H and O–H groups in total. The van der Waals surface area contributed by atoms with Gasteiger partial charge >= 0.3 is 0 Å². The van der Waals surface area contributed by atoms with Crippen molar-refractivity contribution in [3.05, 3.63) is 35.7 Å². The molecule has 0 aromatic rings. The van der Waals surface area contributed by atoms with Crippen LogP contribution in [0, 0.1) is 18.5 Å².